The second-order valence-corrected chi connectivity index (χ2v) is 3.92. The van der Waals surface area contributed by atoms with Crippen molar-refractivity contribution in [2.45, 2.75) is 26.8 Å². The summed E-state index contributed by atoms with van der Waals surface area (Å²) in [5, 5.41) is 10.8. The van der Waals surface area contributed by atoms with Crippen LogP contribution in [-0.2, 0) is 0 Å². The first kappa shape index (κ1) is 10.6. The lowest BCUT2D eigenvalue weighted by Crippen LogP contribution is -2.44. The summed E-state index contributed by atoms with van der Waals surface area (Å²) >= 11 is 4.06. The van der Waals surface area contributed by atoms with Crippen LogP contribution < -0.4 is 5.32 Å². The molecule has 4 heteroatoms. The maximum Gasteiger partial charge on any atom is 0.404 e. The average Bonchev–Trinajstić information content (AvgIpc) is 1.79. The molecular formula is C7H15NO2S. The quantitative estimate of drug-likeness (QED) is 0.561. The fourth-order valence-electron chi connectivity index (χ4n) is 0.685. The van der Waals surface area contributed by atoms with Gasteiger partial charge in [-0.3, -0.25) is 0 Å². The zero-order valence-corrected chi connectivity index (χ0v) is 7.98. The van der Waals surface area contributed by atoms with Crippen LogP contribution in [0.4, 0.5) is 4.79 Å². The standard InChI is InChI=1S/C7H15NO2S/c1-7(2,3)5(4-11)8-6(9)10/h5,8,11H,4H2,1-3H3,(H,9,10). The molecule has 1 amide bonds. The van der Waals surface area contributed by atoms with E-state index in [0.717, 1.165) is 0 Å². The molecule has 0 aromatic heterocycles. The van der Waals surface area contributed by atoms with Crippen molar-refractivity contribution in [1.29, 1.82) is 0 Å². The number of carbonyl (C=O) groups is 1. The monoisotopic (exact) mass is 177 g/mol. The van der Waals surface area contributed by atoms with E-state index in [0.29, 0.717) is 5.75 Å². The number of hydrogen-bond donors (Lipinski definition) is 3. The zero-order chi connectivity index (χ0) is 9.07. The predicted molar refractivity (Wildman–Crippen MR) is 48.3 cm³/mol. The molecule has 11 heavy (non-hydrogen) atoms. The van der Waals surface area contributed by atoms with Gasteiger partial charge in [-0.1, -0.05) is 20.8 Å². The number of amides is 1. The summed E-state index contributed by atoms with van der Waals surface area (Å²) in [5.74, 6) is 0.524. The van der Waals surface area contributed by atoms with Gasteiger partial charge in [-0.15, -0.1) is 0 Å². The summed E-state index contributed by atoms with van der Waals surface area (Å²) in [6.07, 6.45) is -0.987. The predicted octanol–water partition coefficient (Wildman–Crippen LogP) is 1.60. The third-order valence-corrected chi connectivity index (χ3v) is 1.89. The van der Waals surface area contributed by atoms with E-state index in [-0.39, 0.29) is 11.5 Å². The van der Waals surface area contributed by atoms with Crippen LogP contribution in [0.3, 0.4) is 0 Å². The number of thiol groups is 1. The molecular weight excluding hydrogens is 162 g/mol. The fraction of sp³-hybridized carbons (Fsp3) is 0.857. The summed E-state index contributed by atoms with van der Waals surface area (Å²) in [6.45, 7) is 5.93. The first-order chi connectivity index (χ1) is 4.88. The van der Waals surface area contributed by atoms with Crippen LogP contribution in [0.5, 0.6) is 0 Å². The van der Waals surface area contributed by atoms with Crippen molar-refractivity contribution in [1.82, 2.24) is 5.32 Å². The van der Waals surface area contributed by atoms with Crippen LogP contribution in [0.15, 0.2) is 0 Å². The molecule has 0 spiro atoms. The largest absolute Gasteiger partial charge is 0.465 e. The minimum atomic E-state index is -0.987. The first-order valence-electron chi connectivity index (χ1n) is 3.48. The van der Waals surface area contributed by atoms with Gasteiger partial charge in [0.25, 0.3) is 0 Å². The number of carboxylic acid groups (broad SMARTS) is 1. The molecule has 0 fully saturated rings. The third kappa shape index (κ3) is 4.14. The van der Waals surface area contributed by atoms with Crippen molar-refractivity contribution in [2.24, 2.45) is 5.41 Å². The Labute approximate surface area is 72.6 Å². The van der Waals surface area contributed by atoms with Crippen molar-refractivity contribution < 1.29 is 9.90 Å². The molecule has 0 radical (unpaired) electrons. The van der Waals surface area contributed by atoms with Gasteiger partial charge in [0, 0.05) is 11.8 Å². The Balaban J connectivity index is 4.07. The highest BCUT2D eigenvalue weighted by Gasteiger charge is 2.24. The molecule has 2 N–H and O–H groups in total. The lowest BCUT2D eigenvalue weighted by Gasteiger charge is -2.28. The van der Waals surface area contributed by atoms with E-state index < -0.39 is 6.09 Å². The summed E-state index contributed by atoms with van der Waals surface area (Å²) < 4.78 is 0. The van der Waals surface area contributed by atoms with Gasteiger partial charge >= 0.3 is 6.09 Å². The Morgan fingerprint density at radius 1 is 1.64 bits per heavy atom. The SMILES string of the molecule is CC(C)(C)C(CS)NC(=O)O. The summed E-state index contributed by atoms with van der Waals surface area (Å²) in [5.41, 5.74) is -0.0693. The van der Waals surface area contributed by atoms with E-state index in [1.54, 1.807) is 0 Å². The van der Waals surface area contributed by atoms with Gasteiger partial charge in [0.2, 0.25) is 0 Å². The second-order valence-electron chi connectivity index (χ2n) is 3.55. The van der Waals surface area contributed by atoms with E-state index in [4.69, 9.17) is 5.11 Å². The summed E-state index contributed by atoms with van der Waals surface area (Å²) in [7, 11) is 0. The Kier molecular flexibility index (Phi) is 3.72. The van der Waals surface area contributed by atoms with Crippen molar-refractivity contribution in [3.05, 3.63) is 0 Å². The van der Waals surface area contributed by atoms with Crippen molar-refractivity contribution in [3.63, 3.8) is 0 Å². The number of rotatable bonds is 2. The lowest BCUT2D eigenvalue weighted by atomic mass is 9.88. The van der Waals surface area contributed by atoms with E-state index in [9.17, 15) is 4.79 Å². The minimum Gasteiger partial charge on any atom is -0.465 e. The maximum absolute atomic E-state index is 10.3. The highest BCUT2D eigenvalue weighted by Crippen LogP contribution is 2.19. The molecule has 0 aliphatic rings. The van der Waals surface area contributed by atoms with Crippen LogP contribution in [-0.4, -0.2) is 23.0 Å². The van der Waals surface area contributed by atoms with Crippen LogP contribution in [0, 0.1) is 5.41 Å². The highest BCUT2D eigenvalue weighted by atomic mass is 32.1. The van der Waals surface area contributed by atoms with Crippen molar-refractivity contribution in [2.75, 3.05) is 5.75 Å². The zero-order valence-electron chi connectivity index (χ0n) is 7.09. The maximum atomic E-state index is 10.3. The first-order valence-corrected chi connectivity index (χ1v) is 4.11. The third-order valence-electron chi connectivity index (χ3n) is 1.53. The number of hydrogen-bond acceptors (Lipinski definition) is 2. The van der Waals surface area contributed by atoms with Gasteiger partial charge in [-0.25, -0.2) is 4.79 Å². The molecule has 0 rings (SSSR count). The highest BCUT2D eigenvalue weighted by molar-refractivity contribution is 7.80. The molecule has 0 bridgehead atoms. The Hall–Kier alpha value is -0.380. The fourth-order valence-corrected chi connectivity index (χ4v) is 1.32. The van der Waals surface area contributed by atoms with Crippen molar-refractivity contribution in [3.8, 4) is 0 Å². The van der Waals surface area contributed by atoms with E-state index in [1.165, 1.54) is 0 Å². The van der Waals surface area contributed by atoms with Crippen LogP contribution in [0.25, 0.3) is 0 Å². The van der Waals surface area contributed by atoms with Crippen LogP contribution in [0.1, 0.15) is 20.8 Å². The molecule has 0 saturated carbocycles. The van der Waals surface area contributed by atoms with Gasteiger partial charge in [0.15, 0.2) is 0 Å². The van der Waals surface area contributed by atoms with Gasteiger partial charge in [0.1, 0.15) is 0 Å². The van der Waals surface area contributed by atoms with Crippen LogP contribution >= 0.6 is 12.6 Å². The molecule has 1 atom stereocenters. The summed E-state index contributed by atoms with van der Waals surface area (Å²) in [6, 6.07) is -0.0941. The Bertz CT molecular complexity index is 142. The van der Waals surface area contributed by atoms with E-state index >= 15 is 0 Å². The molecule has 0 aliphatic heterocycles. The normalized spacial score (nSPS) is 14.2. The summed E-state index contributed by atoms with van der Waals surface area (Å²) in [4.78, 5) is 10.3. The topological polar surface area (TPSA) is 49.3 Å². The second kappa shape index (κ2) is 3.85. The smallest absolute Gasteiger partial charge is 0.404 e. The van der Waals surface area contributed by atoms with Crippen molar-refractivity contribution >= 4 is 18.7 Å². The van der Waals surface area contributed by atoms with Gasteiger partial charge in [-0.2, -0.15) is 12.6 Å². The molecule has 0 aromatic carbocycles. The van der Waals surface area contributed by atoms with Gasteiger partial charge < -0.3 is 10.4 Å². The van der Waals surface area contributed by atoms with E-state index in [2.05, 4.69) is 17.9 Å². The molecule has 66 valence electrons. The average molecular weight is 177 g/mol. The number of nitrogens with one attached hydrogen (secondary N) is 1. The van der Waals surface area contributed by atoms with Crippen LogP contribution in [0.2, 0.25) is 0 Å². The Morgan fingerprint density at radius 3 is 2.18 bits per heavy atom. The molecule has 1 unspecified atom stereocenters. The molecule has 0 heterocycles. The van der Waals surface area contributed by atoms with E-state index in [1.807, 2.05) is 20.8 Å². The lowest BCUT2D eigenvalue weighted by molar-refractivity contribution is 0.179. The molecule has 0 saturated heterocycles. The minimum absolute atomic E-state index is 0.0693. The van der Waals surface area contributed by atoms with Gasteiger partial charge in [-0.05, 0) is 5.41 Å². The molecule has 0 aliphatic carbocycles. The molecule has 3 nitrogen and oxygen atoms in total. The molecule has 0 aromatic rings. The Morgan fingerprint density at radius 2 is 2.09 bits per heavy atom. The van der Waals surface area contributed by atoms with Gasteiger partial charge in [0.05, 0.1) is 0 Å².